The SMILES string of the molecule is Cn1ccc2cccc(-c3nc(-c4cccc(CN5CCOCC5)c4)nn3CC(F)(F)F)c21. The van der Waals surface area contributed by atoms with Gasteiger partial charge >= 0.3 is 6.18 Å². The minimum Gasteiger partial charge on any atom is -0.379 e. The Morgan fingerprint density at radius 2 is 1.82 bits per heavy atom. The van der Waals surface area contributed by atoms with Crippen LogP contribution in [0, 0.1) is 0 Å². The van der Waals surface area contributed by atoms with Crippen molar-refractivity contribution < 1.29 is 17.9 Å². The van der Waals surface area contributed by atoms with Crippen LogP contribution in [0.5, 0.6) is 0 Å². The molecule has 9 heteroatoms. The van der Waals surface area contributed by atoms with E-state index in [4.69, 9.17) is 4.74 Å². The first-order valence-electron chi connectivity index (χ1n) is 10.8. The predicted octanol–water partition coefficient (Wildman–Crippen LogP) is 4.50. The number of nitrogens with zero attached hydrogens (tertiary/aromatic N) is 5. The molecule has 0 aliphatic carbocycles. The average Bonchev–Trinajstić information content (AvgIpc) is 3.37. The molecule has 0 bridgehead atoms. The second kappa shape index (κ2) is 8.64. The maximum absolute atomic E-state index is 13.4. The molecule has 4 aromatic rings. The quantitative estimate of drug-likeness (QED) is 0.445. The molecular weight excluding hydrogens is 431 g/mol. The third kappa shape index (κ3) is 4.65. The minimum absolute atomic E-state index is 0.202. The van der Waals surface area contributed by atoms with Crippen molar-refractivity contribution in [3.8, 4) is 22.8 Å². The van der Waals surface area contributed by atoms with Crippen LogP contribution in [-0.4, -0.2) is 56.7 Å². The van der Waals surface area contributed by atoms with Gasteiger partial charge < -0.3 is 9.30 Å². The van der Waals surface area contributed by atoms with E-state index in [1.54, 1.807) is 6.07 Å². The lowest BCUT2D eigenvalue weighted by molar-refractivity contribution is -0.142. The molecule has 0 amide bonds. The summed E-state index contributed by atoms with van der Waals surface area (Å²) in [5.41, 5.74) is 3.20. The smallest absolute Gasteiger partial charge is 0.379 e. The molecule has 1 aliphatic rings. The molecule has 1 aliphatic heterocycles. The number of ether oxygens (including phenoxy) is 1. The van der Waals surface area contributed by atoms with Crippen LogP contribution in [0.3, 0.4) is 0 Å². The fourth-order valence-corrected chi connectivity index (χ4v) is 4.31. The van der Waals surface area contributed by atoms with Crippen molar-refractivity contribution in [2.75, 3.05) is 26.3 Å². The van der Waals surface area contributed by atoms with Gasteiger partial charge in [0.2, 0.25) is 0 Å². The molecule has 0 unspecified atom stereocenters. The normalized spacial score (nSPS) is 15.4. The van der Waals surface area contributed by atoms with Gasteiger partial charge in [0, 0.05) is 49.4 Å². The molecule has 0 atom stereocenters. The van der Waals surface area contributed by atoms with Crippen LogP contribution in [0.1, 0.15) is 5.56 Å². The number of aryl methyl sites for hydroxylation is 1. The van der Waals surface area contributed by atoms with Gasteiger partial charge in [0.05, 0.1) is 18.7 Å². The summed E-state index contributed by atoms with van der Waals surface area (Å²) in [4.78, 5) is 6.89. The van der Waals surface area contributed by atoms with Gasteiger partial charge in [-0.3, -0.25) is 4.90 Å². The van der Waals surface area contributed by atoms with Crippen molar-refractivity contribution in [3.05, 3.63) is 60.3 Å². The summed E-state index contributed by atoms with van der Waals surface area (Å²) in [5.74, 6) is 0.484. The van der Waals surface area contributed by atoms with Gasteiger partial charge in [0.15, 0.2) is 11.6 Å². The number of benzene rings is 2. The lowest BCUT2D eigenvalue weighted by Crippen LogP contribution is -2.35. The summed E-state index contributed by atoms with van der Waals surface area (Å²) in [5, 5.41) is 5.23. The van der Waals surface area contributed by atoms with E-state index in [9.17, 15) is 13.2 Å². The number of para-hydroxylation sites is 1. The fraction of sp³-hybridized carbons (Fsp3) is 0.333. The van der Waals surface area contributed by atoms with Gasteiger partial charge in [-0.2, -0.15) is 18.3 Å². The number of alkyl halides is 3. The Labute approximate surface area is 189 Å². The highest BCUT2D eigenvalue weighted by Crippen LogP contribution is 2.31. The molecular formula is C24H24F3N5O. The Morgan fingerprint density at radius 3 is 2.61 bits per heavy atom. The Kier molecular flexibility index (Phi) is 5.67. The maximum Gasteiger partial charge on any atom is 0.408 e. The van der Waals surface area contributed by atoms with E-state index in [-0.39, 0.29) is 11.6 Å². The molecule has 0 N–H and O–H groups in total. The standard InChI is InChI=1S/C24H24F3N5O/c1-30-9-8-18-5-3-7-20(21(18)30)23-28-22(29-32(23)16-24(25,26)27)19-6-2-4-17(14-19)15-31-10-12-33-13-11-31/h2-9,14H,10-13,15-16H2,1H3. The van der Waals surface area contributed by atoms with Gasteiger partial charge in [-0.15, -0.1) is 0 Å². The lowest BCUT2D eigenvalue weighted by Gasteiger charge is -2.26. The first kappa shape index (κ1) is 21.7. The summed E-state index contributed by atoms with van der Waals surface area (Å²) in [6.45, 7) is 2.66. The largest absolute Gasteiger partial charge is 0.408 e. The number of halogens is 3. The van der Waals surface area contributed by atoms with Crippen LogP contribution in [0.25, 0.3) is 33.7 Å². The monoisotopic (exact) mass is 455 g/mol. The lowest BCUT2D eigenvalue weighted by atomic mass is 10.1. The number of fused-ring (bicyclic) bond motifs is 1. The van der Waals surface area contributed by atoms with Gasteiger partial charge in [-0.25, -0.2) is 9.67 Å². The molecule has 1 saturated heterocycles. The summed E-state index contributed by atoms with van der Waals surface area (Å²) < 4.78 is 48.4. The topological polar surface area (TPSA) is 48.1 Å². The second-order valence-corrected chi connectivity index (χ2v) is 8.29. The van der Waals surface area contributed by atoms with Crippen LogP contribution in [0.2, 0.25) is 0 Å². The van der Waals surface area contributed by atoms with E-state index in [1.807, 2.05) is 60.3 Å². The van der Waals surface area contributed by atoms with Crippen molar-refractivity contribution in [1.29, 1.82) is 0 Å². The molecule has 0 spiro atoms. The number of aromatic nitrogens is 4. The molecule has 33 heavy (non-hydrogen) atoms. The summed E-state index contributed by atoms with van der Waals surface area (Å²) in [6.07, 6.45) is -2.53. The van der Waals surface area contributed by atoms with Crippen molar-refractivity contribution in [3.63, 3.8) is 0 Å². The molecule has 0 radical (unpaired) electrons. The Hall–Kier alpha value is -3.17. The second-order valence-electron chi connectivity index (χ2n) is 8.29. The van der Waals surface area contributed by atoms with Crippen LogP contribution < -0.4 is 0 Å². The summed E-state index contributed by atoms with van der Waals surface area (Å²) in [6, 6.07) is 15.2. The van der Waals surface area contributed by atoms with Crippen LogP contribution in [0.4, 0.5) is 13.2 Å². The molecule has 2 aromatic heterocycles. The van der Waals surface area contributed by atoms with Crippen LogP contribution >= 0.6 is 0 Å². The van der Waals surface area contributed by atoms with Gasteiger partial charge in [-0.1, -0.05) is 30.3 Å². The van der Waals surface area contributed by atoms with E-state index in [1.165, 1.54) is 0 Å². The zero-order chi connectivity index (χ0) is 23.0. The highest BCUT2D eigenvalue weighted by molar-refractivity contribution is 5.93. The van der Waals surface area contributed by atoms with Crippen molar-refractivity contribution in [1.82, 2.24) is 24.2 Å². The van der Waals surface area contributed by atoms with Crippen molar-refractivity contribution in [2.45, 2.75) is 19.3 Å². The van der Waals surface area contributed by atoms with Crippen molar-refractivity contribution in [2.24, 2.45) is 7.05 Å². The third-order valence-corrected chi connectivity index (χ3v) is 5.83. The molecule has 6 nitrogen and oxygen atoms in total. The predicted molar refractivity (Wildman–Crippen MR) is 120 cm³/mol. The van der Waals surface area contributed by atoms with E-state index in [0.717, 1.165) is 40.8 Å². The van der Waals surface area contributed by atoms with Crippen molar-refractivity contribution >= 4 is 10.9 Å². The molecule has 5 rings (SSSR count). The Morgan fingerprint density at radius 1 is 1.03 bits per heavy atom. The molecule has 3 heterocycles. The number of rotatable bonds is 5. The summed E-state index contributed by atoms with van der Waals surface area (Å²) in [7, 11) is 1.87. The third-order valence-electron chi connectivity index (χ3n) is 5.83. The molecule has 172 valence electrons. The number of hydrogen-bond donors (Lipinski definition) is 0. The summed E-state index contributed by atoms with van der Waals surface area (Å²) >= 11 is 0. The van der Waals surface area contributed by atoms with Crippen LogP contribution in [-0.2, 0) is 24.9 Å². The number of hydrogen-bond acceptors (Lipinski definition) is 4. The van der Waals surface area contributed by atoms with E-state index in [2.05, 4.69) is 15.0 Å². The zero-order valence-electron chi connectivity index (χ0n) is 18.2. The molecule has 1 fully saturated rings. The maximum atomic E-state index is 13.4. The molecule has 0 saturated carbocycles. The highest BCUT2D eigenvalue weighted by atomic mass is 19.4. The first-order valence-corrected chi connectivity index (χ1v) is 10.8. The van der Waals surface area contributed by atoms with E-state index >= 15 is 0 Å². The van der Waals surface area contributed by atoms with Gasteiger partial charge in [0.1, 0.15) is 6.54 Å². The van der Waals surface area contributed by atoms with E-state index in [0.29, 0.717) is 24.3 Å². The minimum atomic E-state index is -4.42. The first-order chi connectivity index (χ1) is 15.9. The fourth-order valence-electron chi connectivity index (χ4n) is 4.31. The highest BCUT2D eigenvalue weighted by Gasteiger charge is 2.31. The van der Waals surface area contributed by atoms with Gasteiger partial charge in [0.25, 0.3) is 0 Å². The van der Waals surface area contributed by atoms with Crippen LogP contribution in [0.15, 0.2) is 54.7 Å². The zero-order valence-corrected chi connectivity index (χ0v) is 18.2. The average molecular weight is 455 g/mol. The number of morpholine rings is 1. The van der Waals surface area contributed by atoms with Gasteiger partial charge in [-0.05, 0) is 23.8 Å². The molecule has 2 aromatic carbocycles. The Balaban J connectivity index is 1.55. The Bertz CT molecular complexity index is 1270. The van der Waals surface area contributed by atoms with E-state index < -0.39 is 12.7 Å².